The summed E-state index contributed by atoms with van der Waals surface area (Å²) in [6.07, 6.45) is 0.314. The Labute approximate surface area is 115 Å². The van der Waals surface area contributed by atoms with Gasteiger partial charge in [-0.2, -0.15) is 4.98 Å². The number of aliphatic hydroxyl groups is 1. The minimum absolute atomic E-state index is 0.0875. The summed E-state index contributed by atoms with van der Waals surface area (Å²) in [6.45, 7) is 3.95. The SMILES string of the molecule is CC1(C)C(O)CC1Nc1nc2ccc(C(=O)O)cc2o1. The molecule has 0 radical (unpaired) electrons. The number of aromatic nitrogens is 1. The molecule has 0 saturated heterocycles. The number of fused-ring (bicyclic) bond motifs is 1. The van der Waals surface area contributed by atoms with Crippen molar-refractivity contribution < 1.29 is 19.4 Å². The van der Waals surface area contributed by atoms with Crippen LogP contribution in [0.1, 0.15) is 30.6 Å². The summed E-state index contributed by atoms with van der Waals surface area (Å²) in [6, 6.07) is 5.01. The normalized spacial score (nSPS) is 24.4. The molecule has 1 heterocycles. The minimum Gasteiger partial charge on any atom is -0.478 e. The van der Waals surface area contributed by atoms with Crippen molar-refractivity contribution in [1.82, 2.24) is 4.98 Å². The molecule has 3 rings (SSSR count). The molecule has 20 heavy (non-hydrogen) atoms. The van der Waals surface area contributed by atoms with Gasteiger partial charge in [-0.05, 0) is 24.6 Å². The van der Waals surface area contributed by atoms with E-state index in [0.29, 0.717) is 23.5 Å². The first-order valence-corrected chi connectivity index (χ1v) is 6.46. The molecule has 0 amide bonds. The Morgan fingerprint density at radius 1 is 1.50 bits per heavy atom. The van der Waals surface area contributed by atoms with E-state index in [9.17, 15) is 9.90 Å². The molecule has 0 bridgehead atoms. The zero-order valence-corrected chi connectivity index (χ0v) is 11.3. The van der Waals surface area contributed by atoms with E-state index in [4.69, 9.17) is 9.52 Å². The first kappa shape index (κ1) is 12.9. The fourth-order valence-corrected chi connectivity index (χ4v) is 2.42. The van der Waals surface area contributed by atoms with Gasteiger partial charge in [-0.15, -0.1) is 0 Å². The fourth-order valence-electron chi connectivity index (χ4n) is 2.42. The fraction of sp³-hybridized carbons (Fsp3) is 0.429. The van der Waals surface area contributed by atoms with E-state index in [0.717, 1.165) is 0 Å². The van der Waals surface area contributed by atoms with Gasteiger partial charge in [-0.1, -0.05) is 13.8 Å². The molecule has 1 aliphatic rings. The predicted molar refractivity (Wildman–Crippen MR) is 72.8 cm³/mol. The lowest BCUT2D eigenvalue weighted by atomic mass is 9.65. The molecule has 1 aromatic heterocycles. The van der Waals surface area contributed by atoms with Crippen LogP contribution in [0.4, 0.5) is 6.01 Å². The minimum atomic E-state index is -0.999. The number of aliphatic hydroxyl groups excluding tert-OH is 1. The number of aromatic carboxylic acids is 1. The van der Waals surface area contributed by atoms with Crippen LogP contribution in [-0.2, 0) is 0 Å². The van der Waals surface area contributed by atoms with Crippen LogP contribution in [0.3, 0.4) is 0 Å². The number of hydrogen-bond acceptors (Lipinski definition) is 5. The van der Waals surface area contributed by atoms with Gasteiger partial charge in [0.2, 0.25) is 0 Å². The molecule has 2 unspecified atom stereocenters. The van der Waals surface area contributed by atoms with Gasteiger partial charge in [0.15, 0.2) is 5.58 Å². The second-order valence-electron chi connectivity index (χ2n) is 5.78. The maximum absolute atomic E-state index is 10.9. The number of benzene rings is 1. The van der Waals surface area contributed by atoms with Crippen molar-refractivity contribution >= 4 is 23.1 Å². The quantitative estimate of drug-likeness (QED) is 0.794. The molecule has 2 atom stereocenters. The van der Waals surface area contributed by atoms with Crippen LogP contribution < -0.4 is 5.32 Å². The first-order chi connectivity index (χ1) is 9.38. The van der Waals surface area contributed by atoms with Crippen molar-refractivity contribution in [2.45, 2.75) is 32.4 Å². The van der Waals surface area contributed by atoms with Gasteiger partial charge in [0.1, 0.15) is 5.52 Å². The molecule has 1 aliphatic carbocycles. The Morgan fingerprint density at radius 2 is 2.25 bits per heavy atom. The third-order valence-corrected chi connectivity index (χ3v) is 4.15. The van der Waals surface area contributed by atoms with Crippen LogP contribution in [0.5, 0.6) is 0 Å². The Kier molecular flexibility index (Phi) is 2.72. The highest BCUT2D eigenvalue weighted by Gasteiger charge is 2.47. The largest absolute Gasteiger partial charge is 0.478 e. The Hall–Kier alpha value is -2.08. The van der Waals surface area contributed by atoms with Crippen molar-refractivity contribution in [3.05, 3.63) is 23.8 Å². The zero-order chi connectivity index (χ0) is 14.5. The highest BCUT2D eigenvalue weighted by molar-refractivity contribution is 5.92. The molecular formula is C14H16N2O4. The van der Waals surface area contributed by atoms with Gasteiger partial charge in [0.05, 0.1) is 11.7 Å². The summed E-state index contributed by atoms with van der Waals surface area (Å²) >= 11 is 0. The molecule has 3 N–H and O–H groups in total. The molecule has 2 aromatic rings. The van der Waals surface area contributed by atoms with Crippen LogP contribution in [0.25, 0.3) is 11.1 Å². The van der Waals surface area contributed by atoms with Gasteiger partial charge < -0.3 is 19.9 Å². The number of carboxylic acid groups (broad SMARTS) is 1. The summed E-state index contributed by atoms with van der Waals surface area (Å²) in [5.41, 5.74) is 0.979. The molecule has 1 fully saturated rings. The predicted octanol–water partition coefficient (Wildman–Crippen LogP) is 2.10. The topological polar surface area (TPSA) is 95.6 Å². The maximum atomic E-state index is 10.9. The molecule has 106 valence electrons. The number of anilines is 1. The Balaban J connectivity index is 1.85. The molecule has 0 spiro atoms. The lowest BCUT2D eigenvalue weighted by molar-refractivity contribution is -0.0516. The van der Waals surface area contributed by atoms with Gasteiger partial charge in [0.25, 0.3) is 6.01 Å². The smallest absolute Gasteiger partial charge is 0.335 e. The van der Waals surface area contributed by atoms with E-state index in [2.05, 4.69) is 10.3 Å². The van der Waals surface area contributed by atoms with Crippen molar-refractivity contribution in [3.63, 3.8) is 0 Å². The van der Waals surface area contributed by atoms with E-state index in [1.54, 1.807) is 6.07 Å². The molecule has 6 heteroatoms. The summed E-state index contributed by atoms with van der Waals surface area (Å²) in [5, 5.41) is 21.8. The lowest BCUT2D eigenvalue weighted by Gasteiger charge is -2.49. The standard InChI is InChI=1S/C14H16N2O4/c1-14(2)10(6-11(14)17)16-13-15-8-4-3-7(12(18)19)5-9(8)20-13/h3-5,10-11,17H,6H2,1-2H3,(H,15,16)(H,18,19). The second-order valence-corrected chi connectivity index (χ2v) is 5.78. The van der Waals surface area contributed by atoms with E-state index >= 15 is 0 Å². The van der Waals surface area contributed by atoms with E-state index in [1.807, 2.05) is 13.8 Å². The maximum Gasteiger partial charge on any atom is 0.335 e. The molecule has 1 aromatic carbocycles. The summed E-state index contributed by atoms with van der Waals surface area (Å²) in [7, 11) is 0. The van der Waals surface area contributed by atoms with Crippen molar-refractivity contribution in [2.24, 2.45) is 5.41 Å². The number of carbonyl (C=O) groups is 1. The number of nitrogens with one attached hydrogen (secondary N) is 1. The van der Waals surface area contributed by atoms with E-state index in [-0.39, 0.29) is 23.1 Å². The van der Waals surface area contributed by atoms with Crippen LogP contribution >= 0.6 is 0 Å². The Bertz CT molecular complexity index is 677. The zero-order valence-electron chi connectivity index (χ0n) is 11.3. The molecule has 6 nitrogen and oxygen atoms in total. The van der Waals surface area contributed by atoms with E-state index in [1.165, 1.54) is 12.1 Å². The summed E-state index contributed by atoms with van der Waals surface area (Å²) in [5.74, 6) is -0.999. The van der Waals surface area contributed by atoms with Crippen LogP contribution in [-0.4, -0.2) is 33.3 Å². The van der Waals surface area contributed by atoms with Gasteiger partial charge in [-0.3, -0.25) is 0 Å². The van der Waals surface area contributed by atoms with Crippen LogP contribution in [0.2, 0.25) is 0 Å². The third kappa shape index (κ3) is 1.92. The lowest BCUT2D eigenvalue weighted by Crippen LogP contribution is -2.56. The van der Waals surface area contributed by atoms with Crippen LogP contribution in [0.15, 0.2) is 22.6 Å². The number of rotatable bonds is 3. The van der Waals surface area contributed by atoms with Crippen molar-refractivity contribution in [3.8, 4) is 0 Å². The molecule has 0 aliphatic heterocycles. The van der Waals surface area contributed by atoms with Gasteiger partial charge in [-0.25, -0.2) is 4.79 Å². The highest BCUT2D eigenvalue weighted by Crippen LogP contribution is 2.42. The van der Waals surface area contributed by atoms with Crippen LogP contribution in [0, 0.1) is 5.41 Å². The summed E-state index contributed by atoms with van der Waals surface area (Å²) in [4.78, 5) is 15.2. The van der Waals surface area contributed by atoms with Gasteiger partial charge >= 0.3 is 5.97 Å². The number of hydrogen-bond donors (Lipinski definition) is 3. The number of nitrogens with zero attached hydrogens (tertiary/aromatic N) is 1. The first-order valence-electron chi connectivity index (χ1n) is 6.46. The second kappa shape index (κ2) is 4.21. The number of oxazole rings is 1. The number of carboxylic acids is 1. The average Bonchev–Trinajstić information content (AvgIpc) is 2.79. The molecular weight excluding hydrogens is 260 g/mol. The monoisotopic (exact) mass is 276 g/mol. The summed E-state index contributed by atoms with van der Waals surface area (Å²) < 4.78 is 5.53. The van der Waals surface area contributed by atoms with Crippen molar-refractivity contribution in [2.75, 3.05) is 5.32 Å². The van der Waals surface area contributed by atoms with Crippen molar-refractivity contribution in [1.29, 1.82) is 0 Å². The highest BCUT2D eigenvalue weighted by atomic mass is 16.4. The van der Waals surface area contributed by atoms with E-state index < -0.39 is 5.97 Å². The molecule has 1 saturated carbocycles. The average molecular weight is 276 g/mol. The third-order valence-electron chi connectivity index (χ3n) is 4.15. The Morgan fingerprint density at radius 3 is 2.85 bits per heavy atom. The van der Waals surface area contributed by atoms with Gasteiger partial charge in [0, 0.05) is 11.5 Å².